The molecule has 1 heterocycles. The van der Waals surface area contributed by atoms with Crippen LogP contribution < -0.4 is 16.0 Å². The summed E-state index contributed by atoms with van der Waals surface area (Å²) >= 11 is 0. The normalized spacial score (nSPS) is 11.4. The smallest absolute Gasteiger partial charge is 0.216 e. The zero-order chi connectivity index (χ0) is 11.1. The number of nitrogens with zero attached hydrogens (tertiary/aromatic N) is 2. The summed E-state index contributed by atoms with van der Waals surface area (Å²) < 4.78 is 5.00. The second kappa shape index (κ2) is 5.96. The number of hydrogen-bond acceptors (Lipinski definition) is 5. The summed E-state index contributed by atoms with van der Waals surface area (Å²) in [5.74, 6) is 11.7. The van der Waals surface area contributed by atoms with Crippen LogP contribution in [0, 0.1) is 11.8 Å². The predicted molar refractivity (Wildman–Crippen MR) is 56.7 cm³/mol. The van der Waals surface area contributed by atoms with Gasteiger partial charge in [0.15, 0.2) is 0 Å². The molecule has 80 valence electrons. The fourth-order valence-corrected chi connectivity index (χ4v) is 1.11. The van der Waals surface area contributed by atoms with E-state index in [9.17, 15) is 0 Å². The van der Waals surface area contributed by atoms with Gasteiger partial charge in [0.1, 0.15) is 6.33 Å². The highest BCUT2D eigenvalue weighted by molar-refractivity contribution is 5.18. The Hall–Kier alpha value is -1.64. The van der Waals surface area contributed by atoms with Crippen LogP contribution in [0.4, 0.5) is 0 Å². The number of methoxy groups -OCH3 is 1. The largest absolute Gasteiger partial charge is 0.481 e. The maximum atomic E-state index is 5.42. The average Bonchev–Trinajstić information content (AvgIpc) is 2.30. The number of nitrogens with two attached hydrogens (primary N) is 1. The molecule has 0 spiro atoms. The molecule has 0 fully saturated rings. The number of rotatable bonds is 4. The lowest BCUT2D eigenvalue weighted by atomic mass is 10.1. The van der Waals surface area contributed by atoms with Gasteiger partial charge in [-0.15, -0.1) is 11.8 Å². The Balaban J connectivity index is 2.84. The van der Waals surface area contributed by atoms with E-state index in [1.165, 1.54) is 6.33 Å². The van der Waals surface area contributed by atoms with E-state index in [0.717, 1.165) is 5.69 Å². The van der Waals surface area contributed by atoms with Crippen LogP contribution in [-0.4, -0.2) is 17.1 Å². The third kappa shape index (κ3) is 3.20. The summed E-state index contributed by atoms with van der Waals surface area (Å²) in [6.45, 7) is 1.79. The zero-order valence-corrected chi connectivity index (χ0v) is 8.82. The molecule has 0 aliphatic rings. The van der Waals surface area contributed by atoms with Crippen molar-refractivity contribution in [3.8, 4) is 17.7 Å². The molecule has 0 radical (unpaired) electrons. The summed E-state index contributed by atoms with van der Waals surface area (Å²) in [5.41, 5.74) is 3.43. The van der Waals surface area contributed by atoms with Crippen LogP contribution in [0.5, 0.6) is 5.88 Å². The first-order valence-electron chi connectivity index (χ1n) is 4.53. The standard InChI is InChI=1S/C10H14N4O/c1-3-4-5-8(14-11)9-6-10(15-2)13-7-12-9/h6-8,14H,5,11H2,1-2H3. The van der Waals surface area contributed by atoms with Gasteiger partial charge < -0.3 is 4.74 Å². The molecule has 1 aromatic heterocycles. The van der Waals surface area contributed by atoms with Crippen LogP contribution in [-0.2, 0) is 0 Å². The van der Waals surface area contributed by atoms with Crippen LogP contribution in [0.15, 0.2) is 12.4 Å². The van der Waals surface area contributed by atoms with Gasteiger partial charge in [0.05, 0.1) is 18.8 Å². The minimum absolute atomic E-state index is 0.102. The van der Waals surface area contributed by atoms with E-state index >= 15 is 0 Å². The van der Waals surface area contributed by atoms with Crippen molar-refractivity contribution in [2.45, 2.75) is 19.4 Å². The Bertz CT molecular complexity index is 369. The number of ether oxygens (including phenoxy) is 1. The van der Waals surface area contributed by atoms with Crippen molar-refractivity contribution in [3.05, 3.63) is 18.1 Å². The molecule has 1 unspecified atom stereocenters. The SMILES string of the molecule is CC#CCC(NN)c1cc(OC)ncn1. The van der Waals surface area contributed by atoms with Gasteiger partial charge >= 0.3 is 0 Å². The lowest BCUT2D eigenvalue weighted by molar-refractivity contribution is 0.394. The van der Waals surface area contributed by atoms with E-state index in [0.29, 0.717) is 12.3 Å². The van der Waals surface area contributed by atoms with Crippen molar-refractivity contribution in [1.29, 1.82) is 0 Å². The molecular formula is C10H14N4O. The Kier molecular flexibility index (Phi) is 4.54. The molecule has 0 bridgehead atoms. The molecule has 0 saturated carbocycles. The Morgan fingerprint density at radius 1 is 1.60 bits per heavy atom. The van der Waals surface area contributed by atoms with Crippen molar-refractivity contribution in [3.63, 3.8) is 0 Å². The topological polar surface area (TPSA) is 73.1 Å². The molecule has 1 aromatic rings. The first-order chi connectivity index (χ1) is 7.31. The van der Waals surface area contributed by atoms with Gasteiger partial charge in [-0.05, 0) is 6.92 Å². The molecule has 1 rings (SSSR count). The predicted octanol–water partition coefficient (Wildman–Crippen LogP) is 0.403. The molecule has 0 aliphatic carbocycles. The van der Waals surface area contributed by atoms with Crippen LogP contribution in [0.2, 0.25) is 0 Å². The minimum Gasteiger partial charge on any atom is -0.481 e. The van der Waals surface area contributed by atoms with Gasteiger partial charge in [-0.2, -0.15) is 0 Å². The van der Waals surface area contributed by atoms with E-state index in [1.54, 1.807) is 20.1 Å². The summed E-state index contributed by atoms with van der Waals surface area (Å²) in [6.07, 6.45) is 2.05. The second-order valence-electron chi connectivity index (χ2n) is 2.84. The lowest BCUT2D eigenvalue weighted by Gasteiger charge is -2.12. The Labute approximate surface area is 89.0 Å². The highest BCUT2D eigenvalue weighted by atomic mass is 16.5. The van der Waals surface area contributed by atoms with Crippen LogP contribution in [0.3, 0.4) is 0 Å². The zero-order valence-electron chi connectivity index (χ0n) is 8.82. The van der Waals surface area contributed by atoms with Crippen LogP contribution >= 0.6 is 0 Å². The van der Waals surface area contributed by atoms with E-state index in [4.69, 9.17) is 10.6 Å². The number of nitrogens with one attached hydrogen (secondary N) is 1. The molecule has 1 atom stereocenters. The highest BCUT2D eigenvalue weighted by Gasteiger charge is 2.10. The summed E-state index contributed by atoms with van der Waals surface area (Å²) in [5, 5.41) is 0. The maximum Gasteiger partial charge on any atom is 0.216 e. The molecule has 0 saturated heterocycles. The van der Waals surface area contributed by atoms with E-state index in [-0.39, 0.29) is 6.04 Å². The Morgan fingerprint density at radius 2 is 2.40 bits per heavy atom. The van der Waals surface area contributed by atoms with Crippen molar-refractivity contribution in [2.75, 3.05) is 7.11 Å². The molecule has 5 nitrogen and oxygen atoms in total. The lowest BCUT2D eigenvalue weighted by Crippen LogP contribution is -2.28. The van der Waals surface area contributed by atoms with E-state index < -0.39 is 0 Å². The van der Waals surface area contributed by atoms with Crippen LogP contribution in [0.1, 0.15) is 25.1 Å². The molecule has 5 heteroatoms. The van der Waals surface area contributed by atoms with E-state index in [1.807, 2.05) is 0 Å². The first kappa shape index (κ1) is 11.4. The number of hydrazine groups is 1. The maximum absolute atomic E-state index is 5.42. The summed E-state index contributed by atoms with van der Waals surface area (Å²) in [7, 11) is 1.56. The quantitative estimate of drug-likeness (QED) is 0.424. The molecular weight excluding hydrogens is 192 g/mol. The number of hydrogen-bond donors (Lipinski definition) is 2. The third-order valence-electron chi connectivity index (χ3n) is 1.91. The van der Waals surface area contributed by atoms with Gasteiger partial charge in [-0.1, -0.05) is 0 Å². The van der Waals surface area contributed by atoms with Crippen molar-refractivity contribution < 1.29 is 4.74 Å². The van der Waals surface area contributed by atoms with Crippen LogP contribution in [0.25, 0.3) is 0 Å². The summed E-state index contributed by atoms with van der Waals surface area (Å²) in [4.78, 5) is 8.03. The molecule has 3 N–H and O–H groups in total. The van der Waals surface area contributed by atoms with E-state index in [2.05, 4.69) is 27.2 Å². The monoisotopic (exact) mass is 206 g/mol. The van der Waals surface area contributed by atoms with Crippen molar-refractivity contribution in [1.82, 2.24) is 15.4 Å². The fraction of sp³-hybridized carbons (Fsp3) is 0.400. The number of aromatic nitrogens is 2. The van der Waals surface area contributed by atoms with Gasteiger partial charge in [0, 0.05) is 12.5 Å². The molecule has 0 aliphatic heterocycles. The Morgan fingerprint density at radius 3 is 3.00 bits per heavy atom. The highest BCUT2D eigenvalue weighted by Crippen LogP contribution is 2.15. The van der Waals surface area contributed by atoms with Gasteiger partial charge in [0.2, 0.25) is 5.88 Å². The van der Waals surface area contributed by atoms with Gasteiger partial charge in [-0.3, -0.25) is 11.3 Å². The fourth-order valence-electron chi connectivity index (χ4n) is 1.11. The molecule has 15 heavy (non-hydrogen) atoms. The molecule has 0 aromatic carbocycles. The second-order valence-corrected chi connectivity index (χ2v) is 2.84. The molecule has 0 amide bonds. The first-order valence-corrected chi connectivity index (χ1v) is 4.53. The third-order valence-corrected chi connectivity index (χ3v) is 1.91. The van der Waals surface area contributed by atoms with Crippen molar-refractivity contribution >= 4 is 0 Å². The minimum atomic E-state index is -0.102. The average molecular weight is 206 g/mol. The van der Waals surface area contributed by atoms with Gasteiger partial charge in [0.25, 0.3) is 0 Å². The van der Waals surface area contributed by atoms with Gasteiger partial charge in [-0.25, -0.2) is 9.97 Å². The summed E-state index contributed by atoms with van der Waals surface area (Å²) in [6, 6.07) is 1.64. The van der Waals surface area contributed by atoms with Crippen molar-refractivity contribution in [2.24, 2.45) is 5.84 Å².